The topological polar surface area (TPSA) is 21.3 Å². The summed E-state index contributed by atoms with van der Waals surface area (Å²) in [5.41, 5.74) is 1.06. The second-order valence-corrected chi connectivity index (χ2v) is 5.97. The highest BCUT2D eigenvalue weighted by atomic mass is 19.4. The van der Waals surface area contributed by atoms with Gasteiger partial charge in [-0.05, 0) is 62.3 Å². The monoisotopic (exact) mass is 301 g/mol. The summed E-state index contributed by atoms with van der Waals surface area (Å²) in [4.78, 5) is 0. The average molecular weight is 301 g/mol. The van der Waals surface area contributed by atoms with Gasteiger partial charge in [-0.15, -0.1) is 13.2 Å². The molecule has 5 heteroatoms. The number of ether oxygens (including phenoxy) is 1. The summed E-state index contributed by atoms with van der Waals surface area (Å²) in [6, 6.07) is 6.74. The van der Waals surface area contributed by atoms with Crippen LogP contribution in [-0.2, 0) is 6.42 Å². The van der Waals surface area contributed by atoms with E-state index in [-0.39, 0.29) is 5.75 Å². The number of benzene rings is 1. The molecular weight excluding hydrogens is 279 g/mol. The van der Waals surface area contributed by atoms with Gasteiger partial charge in [0.2, 0.25) is 0 Å². The molecule has 2 nitrogen and oxygen atoms in total. The van der Waals surface area contributed by atoms with Crippen LogP contribution < -0.4 is 10.1 Å². The van der Waals surface area contributed by atoms with Gasteiger partial charge in [-0.25, -0.2) is 0 Å². The Morgan fingerprint density at radius 3 is 2.43 bits per heavy atom. The number of nitrogens with one attached hydrogen (secondary N) is 1. The third-order valence-electron chi connectivity index (χ3n) is 4.27. The molecule has 3 atom stereocenters. The molecule has 0 heterocycles. The van der Waals surface area contributed by atoms with Crippen LogP contribution in [0.4, 0.5) is 13.2 Å². The summed E-state index contributed by atoms with van der Waals surface area (Å²) in [6.45, 7) is 2.26. The number of alkyl halides is 3. The normalized spacial score (nSPS) is 26.6. The Labute approximate surface area is 123 Å². The van der Waals surface area contributed by atoms with Gasteiger partial charge in [0.15, 0.2) is 0 Å². The fourth-order valence-corrected chi connectivity index (χ4v) is 3.23. The maximum absolute atomic E-state index is 12.1. The smallest absolute Gasteiger partial charge is 0.406 e. The number of hydrogen-bond donors (Lipinski definition) is 1. The van der Waals surface area contributed by atoms with Crippen LogP contribution in [0.15, 0.2) is 24.3 Å². The molecular formula is C16H22F3NO. The molecule has 118 valence electrons. The molecule has 0 saturated heterocycles. The van der Waals surface area contributed by atoms with E-state index in [4.69, 9.17) is 0 Å². The van der Waals surface area contributed by atoms with Crippen molar-refractivity contribution < 1.29 is 17.9 Å². The molecule has 0 spiro atoms. The summed E-state index contributed by atoms with van der Waals surface area (Å²) >= 11 is 0. The predicted octanol–water partition coefficient (Wildman–Crippen LogP) is 4.15. The second kappa shape index (κ2) is 6.69. The largest absolute Gasteiger partial charge is 0.573 e. The van der Waals surface area contributed by atoms with Gasteiger partial charge >= 0.3 is 6.36 Å². The van der Waals surface area contributed by atoms with E-state index in [0.29, 0.717) is 17.9 Å². The molecule has 1 N–H and O–H groups in total. The van der Waals surface area contributed by atoms with E-state index < -0.39 is 6.36 Å². The van der Waals surface area contributed by atoms with E-state index >= 15 is 0 Å². The van der Waals surface area contributed by atoms with Crippen molar-refractivity contribution in [2.45, 2.75) is 45.0 Å². The molecule has 1 saturated carbocycles. The highest BCUT2D eigenvalue weighted by Crippen LogP contribution is 2.32. The van der Waals surface area contributed by atoms with Gasteiger partial charge in [-0.2, -0.15) is 0 Å². The van der Waals surface area contributed by atoms with E-state index in [2.05, 4.69) is 17.0 Å². The lowest BCUT2D eigenvalue weighted by Gasteiger charge is -2.35. The molecule has 0 amide bonds. The standard InChI is InChI=1S/C16H22F3NO/c1-11-3-8-15(20-2)13(9-11)10-12-4-6-14(7-5-12)21-16(17,18)19/h4-7,11,13,15,20H,3,8-10H2,1-2H3. The van der Waals surface area contributed by atoms with Crippen LogP contribution in [0.5, 0.6) is 5.75 Å². The van der Waals surface area contributed by atoms with Gasteiger partial charge in [0.1, 0.15) is 5.75 Å². The van der Waals surface area contributed by atoms with E-state index in [1.54, 1.807) is 12.1 Å². The lowest BCUT2D eigenvalue weighted by atomic mass is 9.76. The highest BCUT2D eigenvalue weighted by Gasteiger charge is 2.31. The third kappa shape index (κ3) is 4.92. The summed E-state index contributed by atoms with van der Waals surface area (Å²) in [5, 5.41) is 3.36. The Morgan fingerprint density at radius 2 is 1.86 bits per heavy atom. The van der Waals surface area contributed by atoms with Crippen molar-refractivity contribution in [1.29, 1.82) is 0 Å². The van der Waals surface area contributed by atoms with Crippen LogP contribution in [0.3, 0.4) is 0 Å². The summed E-state index contributed by atoms with van der Waals surface area (Å²) in [5.74, 6) is 1.09. The fraction of sp³-hybridized carbons (Fsp3) is 0.625. The maximum atomic E-state index is 12.1. The predicted molar refractivity (Wildman–Crippen MR) is 76.2 cm³/mol. The zero-order chi connectivity index (χ0) is 15.5. The van der Waals surface area contributed by atoms with Crippen molar-refractivity contribution in [3.8, 4) is 5.75 Å². The zero-order valence-corrected chi connectivity index (χ0v) is 12.4. The molecule has 3 unspecified atom stereocenters. The zero-order valence-electron chi connectivity index (χ0n) is 12.4. The number of halogens is 3. The first-order valence-electron chi connectivity index (χ1n) is 7.39. The van der Waals surface area contributed by atoms with Gasteiger partial charge in [0, 0.05) is 6.04 Å². The molecule has 0 bridgehead atoms. The minimum Gasteiger partial charge on any atom is -0.406 e. The molecule has 0 aliphatic heterocycles. The lowest BCUT2D eigenvalue weighted by Crippen LogP contribution is -2.39. The molecule has 21 heavy (non-hydrogen) atoms. The van der Waals surface area contributed by atoms with Crippen LogP contribution >= 0.6 is 0 Å². The van der Waals surface area contributed by atoms with E-state index in [1.807, 2.05) is 7.05 Å². The molecule has 1 aliphatic rings. The van der Waals surface area contributed by atoms with Crippen LogP contribution in [0.2, 0.25) is 0 Å². The van der Waals surface area contributed by atoms with E-state index in [9.17, 15) is 13.2 Å². The van der Waals surface area contributed by atoms with Gasteiger partial charge in [0.25, 0.3) is 0 Å². The molecule has 1 aromatic rings. The van der Waals surface area contributed by atoms with Crippen LogP contribution in [0.1, 0.15) is 31.7 Å². The van der Waals surface area contributed by atoms with Crippen LogP contribution in [0, 0.1) is 11.8 Å². The Morgan fingerprint density at radius 1 is 1.19 bits per heavy atom. The van der Waals surface area contributed by atoms with E-state index in [0.717, 1.165) is 24.8 Å². The second-order valence-electron chi connectivity index (χ2n) is 5.97. The maximum Gasteiger partial charge on any atom is 0.573 e. The SMILES string of the molecule is CNC1CCC(C)CC1Cc1ccc(OC(F)(F)F)cc1. The minimum atomic E-state index is -4.63. The fourth-order valence-electron chi connectivity index (χ4n) is 3.23. The van der Waals surface area contributed by atoms with Gasteiger partial charge < -0.3 is 10.1 Å². The molecule has 0 aromatic heterocycles. The molecule has 1 aliphatic carbocycles. The summed E-state index contributed by atoms with van der Waals surface area (Å²) < 4.78 is 40.3. The Balaban J connectivity index is 1.98. The third-order valence-corrected chi connectivity index (χ3v) is 4.27. The molecule has 1 fully saturated rings. The Kier molecular flexibility index (Phi) is 5.14. The van der Waals surface area contributed by atoms with Crippen molar-refractivity contribution in [1.82, 2.24) is 5.32 Å². The Hall–Kier alpha value is -1.23. The van der Waals surface area contributed by atoms with Crippen LogP contribution in [-0.4, -0.2) is 19.5 Å². The lowest BCUT2D eigenvalue weighted by molar-refractivity contribution is -0.274. The summed E-state index contributed by atoms with van der Waals surface area (Å²) in [6.07, 6.45) is -0.177. The molecule has 2 rings (SSSR count). The van der Waals surface area contributed by atoms with Crippen LogP contribution in [0.25, 0.3) is 0 Å². The van der Waals surface area contributed by atoms with Gasteiger partial charge in [-0.1, -0.05) is 19.1 Å². The van der Waals surface area contributed by atoms with Gasteiger partial charge in [-0.3, -0.25) is 0 Å². The van der Waals surface area contributed by atoms with Crippen molar-refractivity contribution in [2.75, 3.05) is 7.05 Å². The molecule has 1 aromatic carbocycles. The summed E-state index contributed by atoms with van der Waals surface area (Å²) in [7, 11) is 1.98. The quantitative estimate of drug-likeness (QED) is 0.902. The average Bonchev–Trinajstić information content (AvgIpc) is 2.40. The highest BCUT2D eigenvalue weighted by molar-refractivity contribution is 5.28. The first-order chi connectivity index (χ1) is 9.87. The van der Waals surface area contributed by atoms with Crippen molar-refractivity contribution in [3.63, 3.8) is 0 Å². The molecule has 0 radical (unpaired) electrons. The van der Waals surface area contributed by atoms with Gasteiger partial charge in [0.05, 0.1) is 0 Å². The Bertz CT molecular complexity index is 444. The minimum absolute atomic E-state index is 0.159. The van der Waals surface area contributed by atoms with Crippen molar-refractivity contribution in [3.05, 3.63) is 29.8 Å². The number of hydrogen-bond acceptors (Lipinski definition) is 2. The number of rotatable bonds is 4. The van der Waals surface area contributed by atoms with Crippen molar-refractivity contribution in [2.24, 2.45) is 11.8 Å². The van der Waals surface area contributed by atoms with E-state index in [1.165, 1.54) is 18.6 Å². The van der Waals surface area contributed by atoms with Crippen molar-refractivity contribution >= 4 is 0 Å². The first kappa shape index (κ1) is 16.1. The first-order valence-corrected chi connectivity index (χ1v) is 7.39.